The van der Waals surface area contributed by atoms with E-state index >= 15 is 0 Å². The largest absolute Gasteiger partial charge is 0.496 e. The molecule has 1 amide bonds. The smallest absolute Gasteiger partial charge is 0.339 e. The zero-order chi connectivity index (χ0) is 21.0. The van der Waals surface area contributed by atoms with Crippen LogP contribution in [0, 0.1) is 6.92 Å². The highest BCUT2D eigenvalue weighted by Gasteiger charge is 2.21. The van der Waals surface area contributed by atoms with Gasteiger partial charge >= 0.3 is 5.97 Å². The van der Waals surface area contributed by atoms with E-state index in [1.54, 1.807) is 24.3 Å². The van der Waals surface area contributed by atoms with Gasteiger partial charge in [0.25, 0.3) is 5.91 Å². The molecule has 8 nitrogen and oxygen atoms in total. The zero-order valence-corrected chi connectivity index (χ0v) is 16.7. The fourth-order valence-electron chi connectivity index (χ4n) is 2.87. The molecule has 1 N–H and O–H groups in total. The zero-order valence-electron chi connectivity index (χ0n) is 16.7. The molecule has 154 valence electrons. The Hall–Kier alpha value is -3.42. The lowest BCUT2D eigenvalue weighted by Gasteiger charge is -2.15. The molecule has 0 fully saturated rings. The first-order valence-corrected chi connectivity index (χ1v) is 9.02. The van der Waals surface area contributed by atoms with Gasteiger partial charge in [0.15, 0.2) is 17.6 Å². The Balaban J connectivity index is 1.60. The minimum atomic E-state index is -0.977. The number of rotatable bonds is 7. The van der Waals surface area contributed by atoms with Gasteiger partial charge in [0.1, 0.15) is 11.5 Å². The van der Waals surface area contributed by atoms with Crippen LogP contribution in [0.5, 0.6) is 23.0 Å². The Morgan fingerprint density at radius 1 is 1.07 bits per heavy atom. The van der Waals surface area contributed by atoms with Crippen LogP contribution in [0.1, 0.15) is 28.4 Å². The van der Waals surface area contributed by atoms with Crippen LogP contribution in [-0.2, 0) is 16.1 Å². The van der Waals surface area contributed by atoms with Gasteiger partial charge in [-0.3, -0.25) is 4.79 Å². The van der Waals surface area contributed by atoms with Crippen LogP contribution in [0.2, 0.25) is 0 Å². The molecule has 3 rings (SSSR count). The number of esters is 1. The van der Waals surface area contributed by atoms with Gasteiger partial charge in [-0.1, -0.05) is 6.07 Å². The first kappa shape index (κ1) is 20.3. The number of fused-ring (bicyclic) bond motifs is 1. The van der Waals surface area contributed by atoms with Gasteiger partial charge in [0.2, 0.25) is 6.79 Å². The monoisotopic (exact) mass is 401 g/mol. The second-order valence-electron chi connectivity index (χ2n) is 6.46. The van der Waals surface area contributed by atoms with E-state index in [4.69, 9.17) is 23.7 Å². The topological polar surface area (TPSA) is 92.3 Å². The summed E-state index contributed by atoms with van der Waals surface area (Å²) in [7, 11) is 3.01. The van der Waals surface area contributed by atoms with E-state index in [-0.39, 0.29) is 18.9 Å². The molecule has 1 heterocycles. The maximum absolute atomic E-state index is 12.5. The predicted molar refractivity (Wildman–Crippen MR) is 104 cm³/mol. The van der Waals surface area contributed by atoms with Crippen LogP contribution >= 0.6 is 0 Å². The van der Waals surface area contributed by atoms with Gasteiger partial charge in [-0.25, -0.2) is 4.79 Å². The molecule has 1 aliphatic rings. The Labute approximate surface area is 168 Å². The number of hydrogen-bond acceptors (Lipinski definition) is 7. The van der Waals surface area contributed by atoms with E-state index in [2.05, 4.69) is 5.32 Å². The average Bonchev–Trinajstić information content (AvgIpc) is 3.19. The second kappa shape index (κ2) is 8.72. The van der Waals surface area contributed by atoms with E-state index in [1.807, 2.05) is 13.0 Å². The molecule has 29 heavy (non-hydrogen) atoms. The summed E-state index contributed by atoms with van der Waals surface area (Å²) in [5, 5.41) is 2.74. The standard InChI is InChI=1S/C21H23NO7/c1-12-17(25-3)8-15(9-18(12)26-4)21(24)29-13(2)20(23)22-10-14-5-6-16-19(7-14)28-11-27-16/h5-9,13H,10-11H2,1-4H3,(H,22,23). The summed E-state index contributed by atoms with van der Waals surface area (Å²) >= 11 is 0. The molecule has 0 saturated carbocycles. The first-order valence-electron chi connectivity index (χ1n) is 9.02. The van der Waals surface area contributed by atoms with E-state index < -0.39 is 18.0 Å². The Morgan fingerprint density at radius 3 is 2.38 bits per heavy atom. The molecular formula is C21H23NO7. The normalized spacial score (nSPS) is 12.8. The summed E-state index contributed by atoms with van der Waals surface area (Å²) in [5.74, 6) is 1.24. The summed E-state index contributed by atoms with van der Waals surface area (Å²) in [4.78, 5) is 24.8. The number of amides is 1. The average molecular weight is 401 g/mol. The van der Waals surface area contributed by atoms with Gasteiger partial charge in [-0.15, -0.1) is 0 Å². The van der Waals surface area contributed by atoms with Crippen molar-refractivity contribution in [2.75, 3.05) is 21.0 Å². The van der Waals surface area contributed by atoms with E-state index in [0.717, 1.165) is 11.1 Å². The molecule has 0 radical (unpaired) electrons. The number of methoxy groups -OCH3 is 2. The number of carbonyl (C=O) groups excluding carboxylic acids is 2. The highest BCUT2D eigenvalue weighted by Crippen LogP contribution is 2.32. The van der Waals surface area contributed by atoms with Gasteiger partial charge in [0, 0.05) is 12.1 Å². The van der Waals surface area contributed by atoms with Crippen LogP contribution in [0.3, 0.4) is 0 Å². The molecule has 1 aliphatic heterocycles. The maximum atomic E-state index is 12.5. The summed E-state index contributed by atoms with van der Waals surface area (Å²) in [5.41, 5.74) is 1.84. The van der Waals surface area contributed by atoms with Crippen LogP contribution in [0.4, 0.5) is 0 Å². The fraction of sp³-hybridized carbons (Fsp3) is 0.333. The van der Waals surface area contributed by atoms with Crippen molar-refractivity contribution in [3.8, 4) is 23.0 Å². The molecule has 2 aromatic rings. The summed E-state index contributed by atoms with van der Waals surface area (Å²) in [6.07, 6.45) is -0.977. The van der Waals surface area contributed by atoms with E-state index in [1.165, 1.54) is 21.1 Å². The summed E-state index contributed by atoms with van der Waals surface area (Å²) < 4.78 is 26.4. The van der Waals surface area contributed by atoms with Crippen LogP contribution in [0.25, 0.3) is 0 Å². The summed E-state index contributed by atoms with van der Waals surface area (Å²) in [6, 6.07) is 8.51. The third-order valence-electron chi connectivity index (χ3n) is 4.54. The predicted octanol–water partition coefficient (Wildman–Crippen LogP) is 2.60. The van der Waals surface area contributed by atoms with Crippen molar-refractivity contribution in [1.29, 1.82) is 0 Å². The molecule has 0 saturated heterocycles. The lowest BCUT2D eigenvalue weighted by molar-refractivity contribution is -0.129. The lowest BCUT2D eigenvalue weighted by Crippen LogP contribution is -2.35. The lowest BCUT2D eigenvalue weighted by atomic mass is 10.1. The number of carbonyl (C=O) groups is 2. The number of hydrogen-bond donors (Lipinski definition) is 1. The number of nitrogens with one attached hydrogen (secondary N) is 1. The third-order valence-corrected chi connectivity index (χ3v) is 4.54. The molecular weight excluding hydrogens is 378 g/mol. The number of benzene rings is 2. The van der Waals surface area contributed by atoms with Gasteiger partial charge in [0.05, 0.1) is 19.8 Å². The molecule has 0 spiro atoms. The Bertz CT molecular complexity index is 900. The van der Waals surface area contributed by atoms with Crippen molar-refractivity contribution in [1.82, 2.24) is 5.32 Å². The fourth-order valence-corrected chi connectivity index (χ4v) is 2.87. The minimum absolute atomic E-state index is 0.187. The van der Waals surface area contributed by atoms with E-state index in [9.17, 15) is 9.59 Å². The van der Waals surface area contributed by atoms with E-state index in [0.29, 0.717) is 23.0 Å². The van der Waals surface area contributed by atoms with Crippen molar-refractivity contribution in [3.63, 3.8) is 0 Å². The van der Waals surface area contributed by atoms with Gasteiger partial charge in [-0.2, -0.15) is 0 Å². The van der Waals surface area contributed by atoms with Crippen molar-refractivity contribution in [2.45, 2.75) is 26.5 Å². The second-order valence-corrected chi connectivity index (χ2v) is 6.46. The highest BCUT2D eigenvalue weighted by atomic mass is 16.7. The van der Waals surface area contributed by atoms with Crippen molar-refractivity contribution >= 4 is 11.9 Å². The SMILES string of the molecule is COc1cc(C(=O)OC(C)C(=O)NCc2ccc3c(c2)OCO3)cc(OC)c1C. The molecule has 2 aromatic carbocycles. The van der Waals surface area contributed by atoms with Crippen molar-refractivity contribution in [2.24, 2.45) is 0 Å². The maximum Gasteiger partial charge on any atom is 0.339 e. The Kier molecular flexibility index (Phi) is 6.11. The summed E-state index contributed by atoms with van der Waals surface area (Å²) in [6.45, 7) is 3.78. The molecule has 1 atom stereocenters. The van der Waals surface area contributed by atoms with Gasteiger partial charge in [-0.05, 0) is 43.7 Å². The van der Waals surface area contributed by atoms with Crippen LogP contribution < -0.4 is 24.3 Å². The molecule has 0 aliphatic carbocycles. The Morgan fingerprint density at radius 2 is 1.72 bits per heavy atom. The van der Waals surface area contributed by atoms with Gasteiger partial charge < -0.3 is 29.0 Å². The highest BCUT2D eigenvalue weighted by molar-refractivity contribution is 5.93. The van der Waals surface area contributed by atoms with Crippen molar-refractivity contribution in [3.05, 3.63) is 47.0 Å². The van der Waals surface area contributed by atoms with Crippen molar-refractivity contribution < 1.29 is 33.3 Å². The molecule has 1 unspecified atom stereocenters. The molecule has 0 aromatic heterocycles. The quantitative estimate of drug-likeness (QED) is 0.713. The molecule has 0 bridgehead atoms. The first-order chi connectivity index (χ1) is 13.9. The number of ether oxygens (including phenoxy) is 5. The molecule has 8 heteroatoms. The minimum Gasteiger partial charge on any atom is -0.496 e. The third kappa shape index (κ3) is 4.53. The van der Waals surface area contributed by atoms with Crippen LogP contribution in [-0.4, -0.2) is 39.0 Å². The van der Waals surface area contributed by atoms with Crippen LogP contribution in [0.15, 0.2) is 30.3 Å².